The van der Waals surface area contributed by atoms with Crippen LogP contribution in [0.15, 0.2) is 29.3 Å². The van der Waals surface area contributed by atoms with E-state index in [1.54, 1.807) is 60.6 Å². The normalized spacial score (nSPS) is 13.8. The van der Waals surface area contributed by atoms with Crippen molar-refractivity contribution in [1.29, 1.82) is 0 Å². The Morgan fingerprint density at radius 1 is 1.00 bits per heavy atom. The van der Waals surface area contributed by atoms with E-state index in [1.165, 1.54) is 29.6 Å². The second-order valence-electron chi connectivity index (χ2n) is 16.1. The van der Waals surface area contributed by atoms with Crippen LogP contribution in [-0.2, 0) is 33.4 Å². The molecule has 0 aliphatic rings. The van der Waals surface area contributed by atoms with E-state index in [2.05, 4.69) is 47.5 Å². The molecule has 0 bridgehead atoms. The number of hydrogen-bond donors (Lipinski definition) is 3. The Balaban J connectivity index is 2.94. The van der Waals surface area contributed by atoms with Crippen LogP contribution in [-0.4, -0.2) is 78.1 Å². The number of aromatic nitrogens is 1. The van der Waals surface area contributed by atoms with E-state index in [0.29, 0.717) is 23.6 Å². The smallest absolute Gasteiger partial charge is 0.408 e. The average Bonchev–Trinajstić information content (AvgIpc) is 3.58. The van der Waals surface area contributed by atoms with Gasteiger partial charge in [0.05, 0.1) is 19.1 Å². The number of hydrogen-bond acceptors (Lipinski definition) is 12. The van der Waals surface area contributed by atoms with Crippen molar-refractivity contribution in [2.24, 2.45) is 5.92 Å². The molecule has 0 fully saturated rings. The Morgan fingerprint density at radius 2 is 1.68 bits per heavy atom. The zero-order valence-electron chi connectivity index (χ0n) is 35.3. The van der Waals surface area contributed by atoms with Crippen LogP contribution in [0.1, 0.15) is 128 Å². The average molecular weight is 839 g/mol. The number of unbranched alkanes of at least 4 members (excludes halogenated alkanes) is 4. The van der Waals surface area contributed by atoms with E-state index in [-0.39, 0.29) is 29.5 Å². The number of nitrogens with zero attached hydrogens (tertiary/aromatic N) is 1. The van der Waals surface area contributed by atoms with Gasteiger partial charge in [-0.25, -0.2) is 14.6 Å². The van der Waals surface area contributed by atoms with Gasteiger partial charge in [0, 0.05) is 25.6 Å². The molecule has 3 N–H and O–H groups in total. The summed E-state index contributed by atoms with van der Waals surface area (Å²) >= 11 is 2.43. The van der Waals surface area contributed by atoms with Gasteiger partial charge in [-0.3, -0.25) is 19.2 Å². The van der Waals surface area contributed by atoms with Crippen LogP contribution >= 0.6 is 23.1 Å². The fraction of sp³-hybridized carbons (Fsp3) is 0.675. The van der Waals surface area contributed by atoms with Gasteiger partial charge in [-0.05, 0) is 65.5 Å². The van der Waals surface area contributed by atoms with Crippen molar-refractivity contribution in [3.63, 3.8) is 0 Å². The number of ether oxygens (including phenoxy) is 3. The Bertz CT molecular complexity index is 1500. The molecule has 1 aromatic heterocycles. The lowest BCUT2D eigenvalue weighted by Crippen LogP contribution is -2.48. The van der Waals surface area contributed by atoms with Crippen LogP contribution in [0, 0.1) is 5.92 Å². The first kappa shape index (κ1) is 50.5. The lowest BCUT2D eigenvalue weighted by molar-refractivity contribution is -0.156. The van der Waals surface area contributed by atoms with E-state index < -0.39 is 67.6 Å². The van der Waals surface area contributed by atoms with Gasteiger partial charge in [-0.1, -0.05) is 90.0 Å². The molecule has 0 unspecified atom stereocenters. The number of alkyl carbamates (subject to hydrolysis) is 1. The van der Waals surface area contributed by atoms with Crippen molar-refractivity contribution in [3.8, 4) is 0 Å². The molecule has 0 saturated carbocycles. The van der Waals surface area contributed by atoms with E-state index in [9.17, 15) is 28.8 Å². The van der Waals surface area contributed by atoms with E-state index in [1.807, 2.05) is 0 Å². The topological polar surface area (TPSA) is 179 Å². The molecule has 3 atom stereocenters. The molecule has 56 heavy (non-hydrogen) atoms. The minimum absolute atomic E-state index is 0.0336. The highest BCUT2D eigenvalue weighted by atomic mass is 32.2. The maximum Gasteiger partial charge on any atom is 0.408 e. The number of amides is 3. The SMILES string of the molecule is C/C=C(\NC(=O)c1csc([C@@H](C)NC(=O)OC(C)(C)C)n1)C(=O)N[C@H](C(=O)O[C@H](/C=C/CCSC(=O)CCCCCCC)CC(=O)OCC[Si](C)(C)C)C(C)C. The van der Waals surface area contributed by atoms with Gasteiger partial charge < -0.3 is 30.2 Å². The standard InChI is InChI=1S/C40H66N4O9S2Si/c1-12-14-15-16-17-21-33(46)54-23-19-18-20-29(25-32(45)51-22-24-56(9,10)11)52-38(49)34(27(3)4)44-35(47)30(13-2)42-36(48)31-26-55-37(43-31)28(5)41-39(50)53-40(6,7)8/h13,18,20,26-29,34H,12,14-17,19,21-25H2,1-11H3,(H,41,50)(H,42,48)(H,44,47)/b20-18+,30-13-/t28-,29-,34+/m1/s1. The summed E-state index contributed by atoms with van der Waals surface area (Å²) < 4.78 is 16.5. The molecule has 16 heteroatoms. The number of thioether (sulfide) groups is 1. The summed E-state index contributed by atoms with van der Waals surface area (Å²) in [5.74, 6) is -2.52. The van der Waals surface area contributed by atoms with Crippen LogP contribution < -0.4 is 16.0 Å². The van der Waals surface area contributed by atoms with Gasteiger partial charge in [0.2, 0.25) is 0 Å². The molecule has 0 aliphatic carbocycles. The third-order valence-corrected chi connectivity index (χ3v) is 11.7. The molecule has 0 radical (unpaired) electrons. The molecule has 1 aromatic rings. The lowest BCUT2D eigenvalue weighted by Gasteiger charge is -2.24. The Labute approximate surface area is 343 Å². The number of carbonyl (C=O) groups is 6. The predicted octanol–water partition coefficient (Wildman–Crippen LogP) is 8.25. The summed E-state index contributed by atoms with van der Waals surface area (Å²) in [6.07, 6.45) is 9.47. The van der Waals surface area contributed by atoms with Crippen LogP contribution in [0.2, 0.25) is 25.7 Å². The van der Waals surface area contributed by atoms with Crippen LogP contribution in [0.4, 0.5) is 4.79 Å². The minimum atomic E-state index is -1.44. The fourth-order valence-corrected chi connectivity index (χ4v) is 7.09. The van der Waals surface area contributed by atoms with Crippen molar-refractivity contribution < 1.29 is 43.0 Å². The number of allylic oxidation sites excluding steroid dienone is 2. The van der Waals surface area contributed by atoms with Gasteiger partial charge in [-0.15, -0.1) is 11.3 Å². The first-order chi connectivity index (χ1) is 26.1. The minimum Gasteiger partial charge on any atom is -0.466 e. The van der Waals surface area contributed by atoms with Crippen molar-refractivity contribution >= 4 is 66.1 Å². The molecule has 0 saturated heterocycles. The Kier molecular flexibility index (Phi) is 23.2. The first-order valence-corrected chi connectivity index (χ1v) is 25.1. The predicted molar refractivity (Wildman–Crippen MR) is 226 cm³/mol. The summed E-state index contributed by atoms with van der Waals surface area (Å²) in [7, 11) is -1.44. The second-order valence-corrected chi connectivity index (χ2v) is 23.8. The fourth-order valence-electron chi connectivity index (χ4n) is 4.80. The second kappa shape index (κ2) is 25.7. The van der Waals surface area contributed by atoms with Crippen LogP contribution in [0.3, 0.4) is 0 Å². The molecule has 0 aliphatic heterocycles. The highest BCUT2D eigenvalue weighted by molar-refractivity contribution is 8.13. The highest BCUT2D eigenvalue weighted by Gasteiger charge is 2.30. The number of nitrogens with one attached hydrogen (secondary N) is 3. The highest BCUT2D eigenvalue weighted by Crippen LogP contribution is 2.20. The molecule has 3 amide bonds. The molecular formula is C40H66N4O9S2Si. The quantitative estimate of drug-likeness (QED) is 0.0228. The van der Waals surface area contributed by atoms with Gasteiger partial charge >= 0.3 is 18.0 Å². The van der Waals surface area contributed by atoms with Crippen molar-refractivity contribution in [2.75, 3.05) is 12.4 Å². The number of thiazole rings is 1. The third kappa shape index (κ3) is 22.3. The summed E-state index contributed by atoms with van der Waals surface area (Å²) in [6.45, 7) is 21.0. The number of esters is 2. The van der Waals surface area contributed by atoms with E-state index in [0.717, 1.165) is 43.1 Å². The third-order valence-electron chi connectivity index (χ3n) is 7.98. The summed E-state index contributed by atoms with van der Waals surface area (Å²) in [5, 5.41) is 10.0. The maximum atomic E-state index is 13.6. The molecular weight excluding hydrogens is 773 g/mol. The van der Waals surface area contributed by atoms with Crippen molar-refractivity contribution in [1.82, 2.24) is 20.9 Å². The molecule has 0 aromatic carbocycles. The molecule has 1 rings (SSSR count). The van der Waals surface area contributed by atoms with Crippen molar-refractivity contribution in [2.45, 2.75) is 156 Å². The van der Waals surface area contributed by atoms with Gasteiger partial charge in [0.15, 0.2) is 5.12 Å². The lowest BCUT2D eigenvalue weighted by atomic mass is 10.0. The maximum absolute atomic E-state index is 13.6. The number of rotatable bonds is 24. The van der Waals surface area contributed by atoms with Crippen LogP contribution in [0.5, 0.6) is 0 Å². The van der Waals surface area contributed by atoms with Gasteiger partial charge in [0.1, 0.15) is 34.1 Å². The summed E-state index contributed by atoms with van der Waals surface area (Å²) in [4.78, 5) is 81.6. The van der Waals surface area contributed by atoms with Crippen LogP contribution in [0.25, 0.3) is 0 Å². The van der Waals surface area contributed by atoms with E-state index in [4.69, 9.17) is 14.2 Å². The Hall–Kier alpha value is -3.50. The molecule has 316 valence electrons. The first-order valence-electron chi connectivity index (χ1n) is 19.6. The summed E-state index contributed by atoms with van der Waals surface area (Å²) in [5.41, 5.74) is -0.758. The largest absolute Gasteiger partial charge is 0.466 e. The summed E-state index contributed by atoms with van der Waals surface area (Å²) in [6, 6.07) is -0.867. The Morgan fingerprint density at radius 3 is 2.29 bits per heavy atom. The molecule has 13 nitrogen and oxygen atoms in total. The molecule has 1 heterocycles. The molecule has 0 spiro atoms. The monoisotopic (exact) mass is 838 g/mol. The zero-order chi connectivity index (χ0) is 42.5. The zero-order valence-corrected chi connectivity index (χ0v) is 38.0. The van der Waals surface area contributed by atoms with E-state index >= 15 is 0 Å². The van der Waals surface area contributed by atoms with Gasteiger partial charge in [0.25, 0.3) is 11.8 Å². The van der Waals surface area contributed by atoms with Crippen molar-refractivity contribution in [3.05, 3.63) is 40.0 Å². The van der Waals surface area contributed by atoms with Gasteiger partial charge in [-0.2, -0.15) is 0 Å². The number of carbonyl (C=O) groups excluding carboxylic acids is 6.